The molecule has 0 bridgehead atoms. The fourth-order valence-electron chi connectivity index (χ4n) is 0.595. The lowest BCUT2D eigenvalue weighted by Gasteiger charge is -2.16. The molecule has 0 rings (SSSR count). The van der Waals surface area contributed by atoms with Crippen LogP contribution in [0.5, 0.6) is 0 Å². The van der Waals surface area contributed by atoms with Crippen molar-refractivity contribution in [3.63, 3.8) is 0 Å². The van der Waals surface area contributed by atoms with E-state index >= 15 is 0 Å². The zero-order valence-corrected chi connectivity index (χ0v) is 7.32. The number of urea groups is 1. The van der Waals surface area contributed by atoms with Gasteiger partial charge in [0.1, 0.15) is 13.5 Å². The van der Waals surface area contributed by atoms with Crippen LogP contribution in [-0.4, -0.2) is 36.1 Å². The number of aliphatic hydroxyl groups excluding tert-OH is 1. The molecule has 0 spiro atoms. The van der Waals surface area contributed by atoms with Gasteiger partial charge in [0.2, 0.25) is 0 Å². The molecule has 0 saturated carbocycles. The topological polar surface area (TPSA) is 75.8 Å². The lowest BCUT2D eigenvalue weighted by Crippen LogP contribution is -2.38. The Morgan fingerprint density at radius 3 is 2.75 bits per heavy atom. The predicted octanol–water partition coefficient (Wildman–Crippen LogP) is 0.0911. The van der Waals surface area contributed by atoms with Crippen molar-refractivity contribution in [2.75, 3.05) is 20.1 Å². The molecule has 0 fully saturated rings. The van der Waals surface area contributed by atoms with Crippen LogP contribution in [0.2, 0.25) is 0 Å². The van der Waals surface area contributed by atoms with Crippen molar-refractivity contribution in [3.05, 3.63) is 0 Å². The second-order valence-electron chi connectivity index (χ2n) is 2.41. The van der Waals surface area contributed by atoms with E-state index in [1.807, 2.05) is 6.92 Å². The van der Waals surface area contributed by atoms with E-state index in [4.69, 9.17) is 15.6 Å². The monoisotopic (exact) mass is 176 g/mol. The van der Waals surface area contributed by atoms with Gasteiger partial charge >= 0.3 is 6.03 Å². The summed E-state index contributed by atoms with van der Waals surface area (Å²) in [5.74, 6) is 0. The number of amides is 2. The highest BCUT2D eigenvalue weighted by molar-refractivity contribution is 5.71. The Labute approximate surface area is 72.1 Å². The van der Waals surface area contributed by atoms with Gasteiger partial charge in [-0.3, -0.25) is 4.90 Å². The minimum atomic E-state index is -0.672. The standard InChI is InChI=1S/C7H16N2O3/c1-2-3-4-12-6-9(5-10)7(8)11/h10H,2-6H2,1H3,(H2,8,11). The first-order valence-corrected chi connectivity index (χ1v) is 3.95. The Morgan fingerprint density at radius 1 is 1.67 bits per heavy atom. The van der Waals surface area contributed by atoms with E-state index in [0.717, 1.165) is 17.7 Å². The van der Waals surface area contributed by atoms with Crippen molar-refractivity contribution < 1.29 is 14.6 Å². The number of hydrogen-bond donors (Lipinski definition) is 2. The number of aliphatic hydroxyl groups is 1. The van der Waals surface area contributed by atoms with E-state index < -0.39 is 12.8 Å². The van der Waals surface area contributed by atoms with E-state index in [1.54, 1.807) is 0 Å². The molecule has 0 aliphatic rings. The molecule has 72 valence electrons. The quantitative estimate of drug-likeness (QED) is 0.445. The Kier molecular flexibility index (Phi) is 6.41. The van der Waals surface area contributed by atoms with Crippen molar-refractivity contribution in [2.24, 2.45) is 5.73 Å². The second kappa shape index (κ2) is 6.87. The van der Waals surface area contributed by atoms with Gasteiger partial charge in [0.15, 0.2) is 0 Å². The lowest BCUT2D eigenvalue weighted by molar-refractivity contribution is 0.0101. The molecule has 12 heavy (non-hydrogen) atoms. The van der Waals surface area contributed by atoms with Crippen LogP contribution >= 0.6 is 0 Å². The highest BCUT2D eigenvalue weighted by atomic mass is 16.5. The third kappa shape index (κ3) is 4.92. The van der Waals surface area contributed by atoms with Crippen molar-refractivity contribution in [1.82, 2.24) is 4.90 Å². The summed E-state index contributed by atoms with van der Waals surface area (Å²) in [7, 11) is 0. The van der Waals surface area contributed by atoms with Crippen LogP contribution in [0.4, 0.5) is 4.79 Å². The number of hydrogen-bond acceptors (Lipinski definition) is 3. The SMILES string of the molecule is CCCCOCN(CO)C(N)=O. The third-order valence-electron chi connectivity index (χ3n) is 1.37. The smallest absolute Gasteiger partial charge is 0.318 e. The van der Waals surface area contributed by atoms with Gasteiger partial charge in [0.25, 0.3) is 0 Å². The van der Waals surface area contributed by atoms with Crippen LogP contribution in [0.1, 0.15) is 19.8 Å². The Bertz CT molecular complexity index is 130. The summed E-state index contributed by atoms with van der Waals surface area (Å²) in [5.41, 5.74) is 4.91. The van der Waals surface area contributed by atoms with Gasteiger partial charge in [-0.15, -0.1) is 0 Å². The summed E-state index contributed by atoms with van der Waals surface area (Å²) >= 11 is 0. The summed E-state index contributed by atoms with van der Waals surface area (Å²) in [6.07, 6.45) is 1.98. The third-order valence-corrected chi connectivity index (χ3v) is 1.37. The normalized spacial score (nSPS) is 9.83. The van der Waals surface area contributed by atoms with Gasteiger partial charge in [-0.25, -0.2) is 4.79 Å². The summed E-state index contributed by atoms with van der Waals surface area (Å²) in [6.45, 7) is 2.29. The minimum Gasteiger partial charge on any atom is -0.376 e. The molecule has 0 aliphatic heterocycles. The molecule has 0 aromatic rings. The molecule has 0 aromatic heterocycles. The molecule has 0 radical (unpaired) electrons. The van der Waals surface area contributed by atoms with Crippen LogP contribution < -0.4 is 5.73 Å². The molecular formula is C7H16N2O3. The van der Waals surface area contributed by atoms with Gasteiger partial charge in [-0.1, -0.05) is 13.3 Å². The van der Waals surface area contributed by atoms with Crippen LogP contribution in [0.3, 0.4) is 0 Å². The molecule has 0 aromatic carbocycles. The Balaban J connectivity index is 3.38. The van der Waals surface area contributed by atoms with Gasteiger partial charge in [0, 0.05) is 6.61 Å². The molecule has 0 saturated heterocycles. The highest BCUT2D eigenvalue weighted by Gasteiger charge is 2.06. The van der Waals surface area contributed by atoms with E-state index in [-0.39, 0.29) is 6.73 Å². The van der Waals surface area contributed by atoms with Crippen molar-refractivity contribution in [3.8, 4) is 0 Å². The van der Waals surface area contributed by atoms with Crippen LogP contribution in [0.25, 0.3) is 0 Å². The second-order valence-corrected chi connectivity index (χ2v) is 2.41. The van der Waals surface area contributed by atoms with E-state index in [2.05, 4.69) is 0 Å². The molecule has 5 nitrogen and oxygen atoms in total. The van der Waals surface area contributed by atoms with Gasteiger partial charge in [0.05, 0.1) is 0 Å². The maximum absolute atomic E-state index is 10.5. The lowest BCUT2D eigenvalue weighted by atomic mass is 10.4. The predicted molar refractivity (Wildman–Crippen MR) is 44.2 cm³/mol. The number of carbonyl (C=O) groups is 1. The van der Waals surface area contributed by atoms with Gasteiger partial charge in [-0.05, 0) is 6.42 Å². The number of primary amides is 1. The maximum atomic E-state index is 10.5. The molecular weight excluding hydrogens is 160 g/mol. The zero-order chi connectivity index (χ0) is 9.40. The molecule has 5 heteroatoms. The first-order chi connectivity index (χ1) is 5.72. The summed E-state index contributed by atoms with van der Waals surface area (Å²) < 4.78 is 5.05. The van der Waals surface area contributed by atoms with E-state index in [1.165, 1.54) is 0 Å². The largest absolute Gasteiger partial charge is 0.376 e. The number of nitrogens with zero attached hydrogens (tertiary/aromatic N) is 1. The van der Waals surface area contributed by atoms with Gasteiger partial charge in [-0.2, -0.15) is 0 Å². The summed E-state index contributed by atoms with van der Waals surface area (Å²) in [6, 6.07) is -0.672. The van der Waals surface area contributed by atoms with Crippen LogP contribution in [0.15, 0.2) is 0 Å². The zero-order valence-electron chi connectivity index (χ0n) is 7.32. The Hall–Kier alpha value is -0.810. The number of unbranched alkanes of at least 4 members (excludes halogenated alkanes) is 1. The molecule has 0 atom stereocenters. The number of nitrogens with two attached hydrogens (primary N) is 1. The van der Waals surface area contributed by atoms with Crippen molar-refractivity contribution in [2.45, 2.75) is 19.8 Å². The molecule has 0 heterocycles. The summed E-state index contributed by atoms with van der Waals surface area (Å²) in [5, 5.41) is 8.60. The Morgan fingerprint density at radius 2 is 2.33 bits per heavy atom. The van der Waals surface area contributed by atoms with Crippen LogP contribution in [-0.2, 0) is 4.74 Å². The fourth-order valence-corrected chi connectivity index (χ4v) is 0.595. The van der Waals surface area contributed by atoms with Crippen molar-refractivity contribution in [1.29, 1.82) is 0 Å². The fraction of sp³-hybridized carbons (Fsp3) is 0.857. The van der Waals surface area contributed by atoms with E-state index in [0.29, 0.717) is 6.61 Å². The minimum absolute atomic E-state index is 0.0613. The molecule has 0 aliphatic carbocycles. The van der Waals surface area contributed by atoms with Crippen molar-refractivity contribution >= 4 is 6.03 Å². The van der Waals surface area contributed by atoms with E-state index in [9.17, 15) is 4.79 Å². The van der Waals surface area contributed by atoms with Crippen LogP contribution in [0, 0.1) is 0 Å². The average molecular weight is 176 g/mol. The molecule has 2 amide bonds. The first-order valence-electron chi connectivity index (χ1n) is 3.95. The molecule has 0 unspecified atom stereocenters. The molecule has 3 N–H and O–H groups in total. The summed E-state index contributed by atoms with van der Waals surface area (Å²) in [4.78, 5) is 11.5. The van der Waals surface area contributed by atoms with Gasteiger partial charge < -0.3 is 15.6 Å². The number of ether oxygens (including phenoxy) is 1. The number of rotatable bonds is 6. The maximum Gasteiger partial charge on any atom is 0.318 e. The number of carbonyl (C=O) groups excluding carboxylic acids is 1. The first kappa shape index (κ1) is 11.2. The highest BCUT2D eigenvalue weighted by Crippen LogP contribution is 1.91. The average Bonchev–Trinajstić information content (AvgIpc) is 2.04.